The van der Waals surface area contributed by atoms with Crippen LogP contribution in [0.15, 0.2) is 18.3 Å². The molecule has 0 spiro atoms. The van der Waals surface area contributed by atoms with Crippen LogP contribution < -0.4 is 9.62 Å². The molecule has 0 amide bonds. The molecule has 7 heteroatoms. The molecule has 0 bridgehead atoms. The first-order valence-corrected chi connectivity index (χ1v) is 8.80. The first kappa shape index (κ1) is 16.2. The predicted octanol–water partition coefficient (Wildman–Crippen LogP) is 1.36. The molecule has 1 aliphatic heterocycles. The fourth-order valence-corrected chi connectivity index (χ4v) is 3.77. The summed E-state index contributed by atoms with van der Waals surface area (Å²) in [5.41, 5.74) is 0.876. The van der Waals surface area contributed by atoms with Gasteiger partial charge in [-0.3, -0.25) is 0 Å². The molecule has 1 saturated heterocycles. The number of anilines is 1. The zero-order chi connectivity index (χ0) is 15.3. The van der Waals surface area contributed by atoms with E-state index in [1.807, 2.05) is 31.1 Å². The standard InChI is InChI=1S/C14H24N4O2S/c1-17(2)14-13(8-7-9-15-14)12-16-21(19,20)18-10-5-3-4-6-11-18/h7-9,16H,3-6,10-12H2,1-2H3. The summed E-state index contributed by atoms with van der Waals surface area (Å²) in [5.74, 6) is 0.788. The van der Waals surface area contributed by atoms with Gasteiger partial charge in [-0.1, -0.05) is 18.9 Å². The molecule has 0 saturated carbocycles. The number of hydrogen-bond acceptors (Lipinski definition) is 4. The summed E-state index contributed by atoms with van der Waals surface area (Å²) in [6, 6.07) is 3.72. The Kier molecular flexibility index (Phi) is 5.55. The minimum atomic E-state index is -3.41. The lowest BCUT2D eigenvalue weighted by Gasteiger charge is -2.21. The number of aromatic nitrogens is 1. The van der Waals surface area contributed by atoms with Crippen LogP contribution in [-0.2, 0) is 16.8 Å². The van der Waals surface area contributed by atoms with Crippen LogP contribution in [-0.4, -0.2) is 44.9 Å². The van der Waals surface area contributed by atoms with E-state index in [1.54, 1.807) is 10.5 Å². The molecule has 0 unspecified atom stereocenters. The summed E-state index contributed by atoms with van der Waals surface area (Å²) in [6.45, 7) is 1.49. The molecular weight excluding hydrogens is 288 g/mol. The van der Waals surface area contributed by atoms with Gasteiger partial charge in [-0.05, 0) is 18.9 Å². The van der Waals surface area contributed by atoms with E-state index in [-0.39, 0.29) is 6.54 Å². The summed E-state index contributed by atoms with van der Waals surface area (Å²) in [4.78, 5) is 6.17. The van der Waals surface area contributed by atoms with Crippen molar-refractivity contribution in [3.63, 3.8) is 0 Å². The van der Waals surface area contributed by atoms with Crippen molar-refractivity contribution >= 4 is 16.0 Å². The molecule has 1 aliphatic rings. The second-order valence-electron chi connectivity index (χ2n) is 5.52. The summed E-state index contributed by atoms with van der Waals surface area (Å²) in [7, 11) is 0.386. The Morgan fingerprint density at radius 2 is 1.90 bits per heavy atom. The third-order valence-corrected chi connectivity index (χ3v) is 5.20. The van der Waals surface area contributed by atoms with Gasteiger partial charge in [0.1, 0.15) is 5.82 Å². The van der Waals surface area contributed by atoms with Crippen LogP contribution in [0.5, 0.6) is 0 Å². The van der Waals surface area contributed by atoms with Gasteiger partial charge in [0, 0.05) is 45.5 Å². The molecule has 2 rings (SSSR count). The molecule has 1 aromatic heterocycles. The van der Waals surface area contributed by atoms with Crippen molar-refractivity contribution in [2.24, 2.45) is 0 Å². The van der Waals surface area contributed by atoms with Crippen molar-refractivity contribution in [3.8, 4) is 0 Å². The lowest BCUT2D eigenvalue weighted by atomic mass is 10.2. The Morgan fingerprint density at radius 3 is 2.52 bits per heavy atom. The summed E-state index contributed by atoms with van der Waals surface area (Å²) in [5, 5.41) is 0. The quantitative estimate of drug-likeness (QED) is 0.891. The molecule has 1 fully saturated rings. The van der Waals surface area contributed by atoms with Gasteiger partial charge in [-0.2, -0.15) is 17.4 Å². The minimum absolute atomic E-state index is 0.264. The molecule has 118 valence electrons. The second-order valence-corrected chi connectivity index (χ2v) is 7.28. The van der Waals surface area contributed by atoms with Crippen LogP contribution in [0.25, 0.3) is 0 Å². The van der Waals surface area contributed by atoms with Crippen LogP contribution in [0.3, 0.4) is 0 Å². The SMILES string of the molecule is CN(C)c1ncccc1CNS(=O)(=O)N1CCCCCC1. The Balaban J connectivity index is 2.04. The highest BCUT2D eigenvalue weighted by atomic mass is 32.2. The lowest BCUT2D eigenvalue weighted by molar-refractivity contribution is 0.414. The van der Waals surface area contributed by atoms with Crippen molar-refractivity contribution in [1.82, 2.24) is 14.0 Å². The van der Waals surface area contributed by atoms with Crippen molar-refractivity contribution in [3.05, 3.63) is 23.9 Å². The van der Waals surface area contributed by atoms with E-state index in [4.69, 9.17) is 0 Å². The van der Waals surface area contributed by atoms with E-state index < -0.39 is 10.2 Å². The number of nitrogens with zero attached hydrogens (tertiary/aromatic N) is 3. The molecule has 1 N–H and O–H groups in total. The predicted molar refractivity (Wildman–Crippen MR) is 84.4 cm³/mol. The Labute approximate surface area is 127 Å². The van der Waals surface area contributed by atoms with Crippen LogP contribution in [0, 0.1) is 0 Å². The minimum Gasteiger partial charge on any atom is -0.362 e. The number of pyridine rings is 1. The zero-order valence-corrected chi connectivity index (χ0v) is 13.6. The molecule has 0 atom stereocenters. The largest absolute Gasteiger partial charge is 0.362 e. The van der Waals surface area contributed by atoms with Gasteiger partial charge in [-0.25, -0.2) is 4.98 Å². The van der Waals surface area contributed by atoms with Crippen molar-refractivity contribution in [2.75, 3.05) is 32.1 Å². The topological polar surface area (TPSA) is 65.5 Å². The van der Waals surface area contributed by atoms with E-state index in [2.05, 4.69) is 9.71 Å². The van der Waals surface area contributed by atoms with Gasteiger partial charge in [0.15, 0.2) is 0 Å². The smallest absolute Gasteiger partial charge is 0.279 e. The van der Waals surface area contributed by atoms with Crippen LogP contribution in [0.4, 0.5) is 5.82 Å². The maximum absolute atomic E-state index is 12.4. The average Bonchev–Trinajstić information content (AvgIpc) is 2.75. The third kappa shape index (κ3) is 4.39. The Hall–Kier alpha value is -1.18. The summed E-state index contributed by atoms with van der Waals surface area (Å²) >= 11 is 0. The van der Waals surface area contributed by atoms with Crippen LogP contribution in [0.1, 0.15) is 31.2 Å². The highest BCUT2D eigenvalue weighted by molar-refractivity contribution is 7.87. The fourth-order valence-electron chi connectivity index (χ4n) is 2.51. The molecule has 0 aliphatic carbocycles. The summed E-state index contributed by atoms with van der Waals surface area (Å²) in [6.07, 6.45) is 5.81. The number of rotatable bonds is 5. The highest BCUT2D eigenvalue weighted by Gasteiger charge is 2.22. The van der Waals surface area contributed by atoms with Gasteiger partial charge in [0.25, 0.3) is 10.2 Å². The maximum atomic E-state index is 12.4. The van der Waals surface area contributed by atoms with Gasteiger partial charge in [0.2, 0.25) is 0 Å². The Morgan fingerprint density at radius 1 is 1.24 bits per heavy atom. The molecule has 6 nitrogen and oxygen atoms in total. The molecule has 2 heterocycles. The van der Waals surface area contributed by atoms with E-state index in [1.165, 1.54) is 0 Å². The van der Waals surface area contributed by atoms with E-state index in [0.29, 0.717) is 13.1 Å². The molecular formula is C14H24N4O2S. The first-order chi connectivity index (χ1) is 10.0. The van der Waals surface area contributed by atoms with Gasteiger partial charge < -0.3 is 4.90 Å². The normalized spacial score (nSPS) is 17.4. The lowest BCUT2D eigenvalue weighted by Crippen LogP contribution is -2.41. The monoisotopic (exact) mass is 312 g/mol. The van der Waals surface area contributed by atoms with E-state index in [0.717, 1.165) is 37.1 Å². The molecule has 0 aromatic carbocycles. The van der Waals surface area contributed by atoms with Crippen molar-refractivity contribution in [2.45, 2.75) is 32.2 Å². The first-order valence-electron chi connectivity index (χ1n) is 7.36. The van der Waals surface area contributed by atoms with Crippen molar-refractivity contribution in [1.29, 1.82) is 0 Å². The Bertz CT molecular complexity index is 552. The molecule has 21 heavy (non-hydrogen) atoms. The zero-order valence-electron chi connectivity index (χ0n) is 12.7. The molecule has 0 radical (unpaired) electrons. The highest BCUT2D eigenvalue weighted by Crippen LogP contribution is 2.16. The second kappa shape index (κ2) is 7.20. The van der Waals surface area contributed by atoms with Crippen molar-refractivity contribution < 1.29 is 8.42 Å². The average molecular weight is 312 g/mol. The summed E-state index contributed by atoms with van der Waals surface area (Å²) < 4.78 is 29.0. The molecule has 1 aromatic rings. The van der Waals surface area contributed by atoms with Gasteiger partial charge in [-0.15, -0.1) is 0 Å². The number of nitrogens with one attached hydrogen (secondary N) is 1. The van der Waals surface area contributed by atoms with Crippen LogP contribution in [0.2, 0.25) is 0 Å². The maximum Gasteiger partial charge on any atom is 0.279 e. The fraction of sp³-hybridized carbons (Fsp3) is 0.643. The number of hydrogen-bond donors (Lipinski definition) is 1. The third-order valence-electron chi connectivity index (χ3n) is 3.64. The van der Waals surface area contributed by atoms with E-state index >= 15 is 0 Å². The van der Waals surface area contributed by atoms with E-state index in [9.17, 15) is 8.42 Å². The van der Waals surface area contributed by atoms with Gasteiger partial charge in [0.05, 0.1) is 0 Å². The van der Waals surface area contributed by atoms with Crippen LogP contribution >= 0.6 is 0 Å². The van der Waals surface area contributed by atoms with Gasteiger partial charge >= 0.3 is 0 Å².